The first-order valence-corrected chi connectivity index (χ1v) is 40.5. The fourth-order valence-corrected chi connectivity index (χ4v) is 17.3. The predicted molar refractivity (Wildman–Crippen MR) is 395 cm³/mol. The Morgan fingerprint density at radius 1 is 0.509 bits per heavy atom. The minimum absolute atomic E-state index is 0.0341. The molecule has 6 unspecified atom stereocenters. The van der Waals surface area contributed by atoms with Crippen molar-refractivity contribution in [1.29, 1.82) is 0 Å². The number of aromatic nitrogens is 6. The Labute approximate surface area is 636 Å². The second-order valence-electron chi connectivity index (χ2n) is 27.1. The first-order valence-electron chi connectivity index (χ1n) is 34.1. The summed E-state index contributed by atoms with van der Waals surface area (Å²) in [7, 11) is -12.0. The average molecular weight is 1630 g/mol. The molecule has 3 aliphatic rings. The van der Waals surface area contributed by atoms with Crippen LogP contribution in [-0.4, -0.2) is 172 Å². The Morgan fingerprint density at radius 2 is 0.824 bits per heavy atom. The number of ether oxygens (including phenoxy) is 6. The molecule has 9 rings (SSSR count). The molecule has 3 saturated heterocycles. The third-order valence-electron chi connectivity index (χ3n) is 16.5. The van der Waals surface area contributed by atoms with Crippen LogP contribution >= 0.6 is 59.4 Å². The van der Waals surface area contributed by atoms with Gasteiger partial charge in [0.15, 0.2) is 40.5 Å². The van der Waals surface area contributed by atoms with Crippen molar-refractivity contribution in [2.45, 2.75) is 174 Å². The number of esters is 3. The zero-order valence-electron chi connectivity index (χ0n) is 61.1. The molecule has 594 valence electrons. The van der Waals surface area contributed by atoms with Crippen LogP contribution in [0.3, 0.4) is 0 Å². The van der Waals surface area contributed by atoms with Crippen LogP contribution in [-0.2, 0) is 70.1 Å². The van der Waals surface area contributed by atoms with Crippen molar-refractivity contribution in [3.63, 3.8) is 0 Å². The number of benzene rings is 3. The summed E-state index contributed by atoms with van der Waals surface area (Å²) in [6, 6.07) is 28.7. The van der Waals surface area contributed by atoms with Gasteiger partial charge >= 0.3 is 46.4 Å². The Bertz CT molecular complexity index is 4300. The van der Waals surface area contributed by atoms with Crippen molar-refractivity contribution >= 4 is 83.2 Å². The Balaban J connectivity index is 0.000000226. The number of anilines is 1. The molecule has 3 aromatic carbocycles. The van der Waals surface area contributed by atoms with E-state index in [-0.39, 0.29) is 74.0 Å². The molecule has 0 amide bonds. The smallest absolute Gasteiger partial charge is 0.380 e. The summed E-state index contributed by atoms with van der Waals surface area (Å²) >= 11 is 15.2. The maximum Gasteiger partial charge on any atom is 0.380 e. The summed E-state index contributed by atoms with van der Waals surface area (Å²) in [4.78, 5) is 69.4. The van der Waals surface area contributed by atoms with Crippen molar-refractivity contribution < 1.29 is 112 Å². The van der Waals surface area contributed by atoms with Gasteiger partial charge in [0, 0.05) is 24.7 Å². The molecule has 30 nitrogen and oxygen atoms in total. The molecule has 3 aliphatic heterocycles. The number of hydrogen-bond donors (Lipinski definition) is 6. The molecule has 39 heteroatoms. The lowest BCUT2D eigenvalue weighted by atomic mass is 9.98. The number of nitrogens with one attached hydrogen (secondary N) is 2. The van der Waals surface area contributed by atoms with Gasteiger partial charge in [-0.1, -0.05) is 87.6 Å². The van der Waals surface area contributed by atoms with E-state index in [0.29, 0.717) is 0 Å². The van der Waals surface area contributed by atoms with Crippen molar-refractivity contribution in [2.75, 3.05) is 44.0 Å². The molecule has 0 aliphatic carbocycles. The molecule has 3 fully saturated rings. The lowest BCUT2D eigenvalue weighted by molar-refractivity contribution is -0.152. The highest BCUT2D eigenvalue weighted by Gasteiger charge is 2.58. The van der Waals surface area contributed by atoms with E-state index in [1.807, 2.05) is 0 Å². The number of carbonyl (C=O) groups excluding carboxylic acids is 3. The molecule has 0 bridgehead atoms. The summed E-state index contributed by atoms with van der Waals surface area (Å²) in [5.41, 5.74) is -2.59. The SMILES string of the molecule is CC(C)OC(=O)[C@H](C)CP(=O)(OC[C@H]1O[C@@H](n2ccc(=O)[nH]c2=S)C(C)(F)[C@H]1O)Oc1ccccc1.CC(C)OC(=O)[C@H](C)CP(=O)(OC[C@H]1O[C@@H](n2ccc(=S)[nH]c2=O)C(C)(F)[C@H]1O)Oc1ccccc1.CC(C)OC(=O)[C@H](C)CP(=O)(OC[C@H]1O[C@@H](n2ccc(N)nc2=S)C(C)(F)[C@H]1O)Oc1ccccc1. The number of alkyl halides is 3. The molecule has 7 N–H and O–H groups in total. The normalized spacial score (nSPS) is 26.4. The minimum atomic E-state index is -4.03. The molecule has 108 heavy (non-hydrogen) atoms. The zero-order valence-corrected chi connectivity index (χ0v) is 66.2. The first kappa shape index (κ1) is 88.1. The summed E-state index contributed by atoms with van der Waals surface area (Å²) in [6.07, 6.45) is -11.2. The molecular formula is C69H91F3N7O23P3S3. The number of H-pyrrole nitrogens is 2. The molecule has 6 heterocycles. The molecule has 0 saturated carbocycles. The lowest BCUT2D eigenvalue weighted by Crippen LogP contribution is -2.43. The lowest BCUT2D eigenvalue weighted by Gasteiger charge is -2.25. The summed E-state index contributed by atoms with van der Waals surface area (Å²) in [5, 5.41) is 31.9. The van der Waals surface area contributed by atoms with Crippen LogP contribution in [0.4, 0.5) is 19.0 Å². The van der Waals surface area contributed by atoms with Crippen molar-refractivity contribution in [3.8, 4) is 17.2 Å². The van der Waals surface area contributed by atoms with Crippen LogP contribution in [0.15, 0.2) is 137 Å². The third-order valence-corrected chi connectivity index (χ3v) is 23.4. The maximum atomic E-state index is 15.6. The topological polar surface area (TPSA) is 393 Å². The number of nitrogens with zero attached hydrogens (tertiary/aromatic N) is 4. The van der Waals surface area contributed by atoms with Gasteiger partial charge in [0.1, 0.15) is 64.3 Å². The Hall–Kier alpha value is -7.11. The second kappa shape index (κ2) is 37.7. The largest absolute Gasteiger partial charge is 0.463 e. The van der Waals surface area contributed by atoms with Crippen LogP contribution in [0.2, 0.25) is 0 Å². The molecule has 0 spiro atoms. The van der Waals surface area contributed by atoms with E-state index in [9.17, 15) is 53.0 Å². The highest BCUT2D eigenvalue weighted by Crippen LogP contribution is 2.55. The van der Waals surface area contributed by atoms with E-state index >= 15 is 13.2 Å². The highest BCUT2D eigenvalue weighted by atomic mass is 32.1. The fourth-order valence-electron chi connectivity index (χ4n) is 11.0. The zero-order chi connectivity index (χ0) is 80.0. The van der Waals surface area contributed by atoms with Gasteiger partial charge in [0.2, 0.25) is 4.77 Å². The van der Waals surface area contributed by atoms with E-state index in [4.69, 9.17) is 98.0 Å². The van der Waals surface area contributed by atoms with Crippen LogP contribution in [0.5, 0.6) is 17.2 Å². The first-order chi connectivity index (χ1) is 50.5. The van der Waals surface area contributed by atoms with Gasteiger partial charge in [-0.2, -0.15) is 0 Å². The quantitative estimate of drug-likeness (QED) is 0.0106. The van der Waals surface area contributed by atoms with E-state index in [1.165, 1.54) is 53.7 Å². The molecule has 0 radical (unpaired) electrons. The Morgan fingerprint density at radius 3 is 1.14 bits per heavy atom. The number of para-hydroxylation sites is 3. The number of rotatable bonds is 30. The number of nitrogens with two attached hydrogens (primary N) is 1. The number of aromatic amines is 2. The number of aliphatic hydroxyl groups excluding tert-OH is 3. The van der Waals surface area contributed by atoms with Gasteiger partial charge in [-0.15, -0.1) is 0 Å². The number of nitrogen functional groups attached to an aromatic ring is 1. The second-order valence-corrected chi connectivity index (χ2v) is 34.4. The molecule has 6 aromatic rings. The van der Waals surface area contributed by atoms with Gasteiger partial charge in [0.25, 0.3) is 5.56 Å². The van der Waals surface area contributed by atoms with Crippen LogP contribution in [0.25, 0.3) is 0 Å². The summed E-state index contributed by atoms with van der Waals surface area (Å²) in [6.45, 7) is 16.6. The monoisotopic (exact) mass is 1630 g/mol. The molecule has 3 aromatic heterocycles. The Kier molecular flexibility index (Phi) is 30.8. The highest BCUT2D eigenvalue weighted by molar-refractivity contribution is 7.71. The van der Waals surface area contributed by atoms with Gasteiger partial charge < -0.3 is 63.0 Å². The van der Waals surface area contributed by atoms with E-state index in [0.717, 1.165) is 31.4 Å². The number of aliphatic hydroxyl groups is 3. The summed E-state index contributed by atoms with van der Waals surface area (Å²) < 4.78 is 158. The van der Waals surface area contributed by atoms with Crippen LogP contribution < -0.4 is 30.6 Å². The fraction of sp³-hybridized carbons (Fsp3) is 0.522. The van der Waals surface area contributed by atoms with E-state index < -0.39 is 162 Å². The van der Waals surface area contributed by atoms with Crippen molar-refractivity contribution in [2.24, 2.45) is 17.8 Å². The van der Waals surface area contributed by atoms with E-state index in [1.54, 1.807) is 139 Å². The van der Waals surface area contributed by atoms with Gasteiger partial charge in [-0.25, -0.2) is 36.6 Å². The van der Waals surface area contributed by atoms with Crippen LogP contribution in [0, 0.1) is 31.9 Å². The van der Waals surface area contributed by atoms with Gasteiger partial charge in [-0.05, 0) is 135 Å². The van der Waals surface area contributed by atoms with Crippen molar-refractivity contribution in [1.82, 2.24) is 28.7 Å². The number of carbonyl (C=O) groups is 3. The molecular weight excluding hydrogens is 1540 g/mol. The average Bonchev–Trinajstić information content (AvgIpc) is 1.63. The van der Waals surface area contributed by atoms with Crippen LogP contribution in [0.1, 0.15) is 102 Å². The third kappa shape index (κ3) is 23.7. The van der Waals surface area contributed by atoms with Gasteiger partial charge in [-0.3, -0.25) is 56.4 Å². The van der Waals surface area contributed by atoms with Crippen molar-refractivity contribution in [3.05, 3.63) is 163 Å². The number of hydrogen-bond acceptors (Lipinski definition) is 28. The minimum Gasteiger partial charge on any atom is -0.463 e. The summed E-state index contributed by atoms with van der Waals surface area (Å²) in [5.74, 6) is -3.35. The van der Waals surface area contributed by atoms with Gasteiger partial charge in [0.05, 0.1) is 74.4 Å². The molecule has 18 atom stereocenters. The predicted octanol–water partition coefficient (Wildman–Crippen LogP) is 11.6. The van der Waals surface area contributed by atoms with E-state index in [2.05, 4.69) is 15.0 Å². The standard InChI is InChI=1S/C23H31FN3O7PS.2C23H30FN2O8PS/c1-14(2)32-20(29)15(3)13-35(30,34-16-8-6-5-7-9-16)31-12-17-19(28)23(4,24)21(33-17)27-11-10-18(25)26-22(27)36;1-14(2)32-20(28)15(3)13-35(30,34-16-8-6-5-7-9-16)31-12-17-19(27)23(4,24)21(33-17)26-11-10-18(36)25-22(26)29;1-14(2)32-20(29)15(3)13-35(30,34-16-8-6-5-7-9-16)31-12-17-19(28)23(4,24)21(33-17)26-11-10-18(27)25-22(26)36/h5-11,14-15,17,19,21,28H,12-13H2,1-4H3,(H2,25,26,36);5-11,14-15,17,19,21,27H,12-13H2,1-4H3,(H,25,29,36);5-11,14-15,17,19,21,28H,12-13H2,1-4H3,(H,25,27,36)/t3*15-,17-,19+,21-,23?,35?/m111/s1. The maximum absolute atomic E-state index is 15.6. The number of halogens is 3.